The van der Waals surface area contributed by atoms with Crippen molar-refractivity contribution < 1.29 is 17.4 Å². The number of aryl methyl sites for hydroxylation is 5. The molecular formula is C19H21N3O4S. The summed E-state index contributed by atoms with van der Waals surface area (Å²) in [6, 6.07) is 3.62. The van der Waals surface area contributed by atoms with E-state index in [1.54, 1.807) is 6.07 Å². The van der Waals surface area contributed by atoms with Gasteiger partial charge in [0.15, 0.2) is 0 Å². The zero-order chi connectivity index (χ0) is 20.1. The van der Waals surface area contributed by atoms with Crippen LogP contribution in [0.3, 0.4) is 0 Å². The van der Waals surface area contributed by atoms with Crippen molar-refractivity contribution in [2.24, 2.45) is 7.05 Å². The van der Waals surface area contributed by atoms with Gasteiger partial charge in [0.1, 0.15) is 5.56 Å². The summed E-state index contributed by atoms with van der Waals surface area (Å²) in [5, 5.41) is 5.74. The van der Waals surface area contributed by atoms with Crippen LogP contribution in [-0.4, -0.2) is 35.2 Å². The van der Waals surface area contributed by atoms with Crippen LogP contribution < -0.4 is 4.18 Å². The van der Waals surface area contributed by atoms with Crippen LogP contribution in [0, 0.1) is 27.7 Å². The van der Waals surface area contributed by atoms with Crippen molar-refractivity contribution >= 4 is 26.7 Å². The first-order chi connectivity index (χ1) is 12.5. The number of rotatable bonds is 4. The Labute approximate surface area is 158 Å². The van der Waals surface area contributed by atoms with Gasteiger partial charge in [0.2, 0.25) is 11.7 Å². The first-order valence-corrected chi connectivity index (χ1v) is 10.2. The second-order valence-corrected chi connectivity index (χ2v) is 8.27. The van der Waals surface area contributed by atoms with E-state index in [9.17, 15) is 13.2 Å². The summed E-state index contributed by atoms with van der Waals surface area (Å²) in [5.41, 5.74) is 4.19. The van der Waals surface area contributed by atoms with Crippen molar-refractivity contribution in [3.05, 3.63) is 52.0 Å². The lowest BCUT2D eigenvalue weighted by molar-refractivity contribution is 0.103. The predicted molar refractivity (Wildman–Crippen MR) is 103 cm³/mol. The third kappa shape index (κ3) is 3.32. The van der Waals surface area contributed by atoms with Gasteiger partial charge in [-0.1, -0.05) is 12.1 Å². The molecule has 0 radical (unpaired) electrons. The summed E-state index contributed by atoms with van der Waals surface area (Å²) in [6.07, 6.45) is 2.25. The van der Waals surface area contributed by atoms with Crippen LogP contribution >= 0.6 is 0 Å². The highest BCUT2D eigenvalue weighted by Gasteiger charge is 2.25. The van der Waals surface area contributed by atoms with E-state index in [1.165, 1.54) is 17.9 Å². The molecule has 0 aliphatic carbocycles. The van der Waals surface area contributed by atoms with Crippen molar-refractivity contribution in [1.82, 2.24) is 14.8 Å². The second-order valence-electron chi connectivity index (χ2n) is 6.69. The van der Waals surface area contributed by atoms with Crippen molar-refractivity contribution in [2.45, 2.75) is 27.7 Å². The minimum Gasteiger partial charge on any atom is -0.361 e. The van der Waals surface area contributed by atoms with Crippen molar-refractivity contribution in [1.29, 1.82) is 0 Å². The number of pyridine rings is 1. The Hall–Kier alpha value is -2.74. The average Bonchev–Trinajstić information content (AvgIpc) is 2.91. The molecule has 2 heterocycles. The van der Waals surface area contributed by atoms with E-state index in [-0.39, 0.29) is 17.2 Å². The Morgan fingerprint density at radius 1 is 1.04 bits per heavy atom. The van der Waals surface area contributed by atoms with Gasteiger partial charge < -0.3 is 4.18 Å². The maximum Gasteiger partial charge on any atom is 0.307 e. The Morgan fingerprint density at radius 3 is 2.33 bits per heavy atom. The van der Waals surface area contributed by atoms with Gasteiger partial charge in [-0.25, -0.2) is 4.68 Å². The fourth-order valence-electron chi connectivity index (χ4n) is 3.29. The molecule has 0 N–H and O–H groups in total. The maximum atomic E-state index is 13.3. The summed E-state index contributed by atoms with van der Waals surface area (Å²) in [5.74, 6) is -0.448. The summed E-state index contributed by atoms with van der Waals surface area (Å²) < 4.78 is 29.4. The predicted octanol–water partition coefficient (Wildman–Crippen LogP) is 2.77. The van der Waals surface area contributed by atoms with Crippen LogP contribution in [0.1, 0.15) is 38.4 Å². The third-order valence-corrected chi connectivity index (χ3v) is 5.09. The topological polar surface area (TPSA) is 91.2 Å². The van der Waals surface area contributed by atoms with Gasteiger partial charge in [0, 0.05) is 29.4 Å². The summed E-state index contributed by atoms with van der Waals surface area (Å²) in [7, 11) is -2.28. The van der Waals surface area contributed by atoms with E-state index >= 15 is 0 Å². The van der Waals surface area contributed by atoms with Crippen LogP contribution in [0.4, 0.5) is 0 Å². The van der Waals surface area contributed by atoms with Crippen LogP contribution in [0.2, 0.25) is 0 Å². The smallest absolute Gasteiger partial charge is 0.307 e. The fourth-order valence-corrected chi connectivity index (χ4v) is 3.78. The van der Waals surface area contributed by atoms with E-state index in [2.05, 4.69) is 10.1 Å². The molecule has 0 aliphatic heterocycles. The van der Waals surface area contributed by atoms with Crippen LogP contribution in [0.15, 0.2) is 18.3 Å². The number of hydrogen-bond donors (Lipinski definition) is 0. The van der Waals surface area contributed by atoms with Crippen LogP contribution in [0.5, 0.6) is 5.88 Å². The van der Waals surface area contributed by atoms with Crippen molar-refractivity contribution in [3.8, 4) is 5.88 Å². The lowest BCUT2D eigenvalue weighted by Crippen LogP contribution is -2.13. The Balaban J connectivity index is 2.29. The molecule has 0 fully saturated rings. The van der Waals surface area contributed by atoms with Crippen LogP contribution in [0.25, 0.3) is 10.8 Å². The molecule has 0 unspecified atom stereocenters. The molecular weight excluding hydrogens is 366 g/mol. The number of nitrogens with zero attached hydrogens (tertiary/aromatic N) is 3. The molecule has 0 atom stereocenters. The maximum absolute atomic E-state index is 13.3. The standard InChI is InChI=1S/C19H21N3O4S/c1-10-7-8-14(17-11(2)12(3)21-13(4)16(10)17)18(23)15-9-20-22(5)19(15)26-27(6,24)25/h7-9H,1-6H3. The van der Waals surface area contributed by atoms with Gasteiger partial charge in [-0.2, -0.15) is 13.5 Å². The second kappa shape index (κ2) is 6.45. The minimum atomic E-state index is -3.80. The molecule has 1 aromatic carbocycles. The molecule has 0 amide bonds. The van der Waals surface area contributed by atoms with E-state index in [0.717, 1.165) is 39.5 Å². The molecule has 7 nitrogen and oxygen atoms in total. The highest BCUT2D eigenvalue weighted by molar-refractivity contribution is 7.86. The monoisotopic (exact) mass is 387 g/mol. The fraction of sp³-hybridized carbons (Fsp3) is 0.316. The number of fused-ring (bicyclic) bond motifs is 1. The highest BCUT2D eigenvalue weighted by atomic mass is 32.2. The van der Waals surface area contributed by atoms with E-state index in [1.807, 2.05) is 33.8 Å². The molecule has 3 aromatic rings. The molecule has 0 saturated carbocycles. The molecule has 3 rings (SSSR count). The van der Waals surface area contributed by atoms with E-state index in [4.69, 9.17) is 4.18 Å². The molecule has 2 aromatic heterocycles. The van der Waals surface area contributed by atoms with Gasteiger partial charge in [-0.15, -0.1) is 0 Å². The Morgan fingerprint density at radius 2 is 1.70 bits per heavy atom. The molecule has 27 heavy (non-hydrogen) atoms. The van der Waals surface area contributed by atoms with Gasteiger partial charge >= 0.3 is 10.1 Å². The molecule has 142 valence electrons. The zero-order valence-corrected chi connectivity index (χ0v) is 16.9. The van der Waals surface area contributed by atoms with Crippen molar-refractivity contribution in [2.75, 3.05) is 6.26 Å². The molecule has 8 heteroatoms. The summed E-state index contributed by atoms with van der Waals surface area (Å²) in [6.45, 7) is 7.72. The zero-order valence-electron chi connectivity index (χ0n) is 16.1. The number of aromatic nitrogens is 3. The first-order valence-electron chi connectivity index (χ1n) is 8.34. The average molecular weight is 387 g/mol. The van der Waals surface area contributed by atoms with E-state index in [0.29, 0.717) is 5.56 Å². The van der Waals surface area contributed by atoms with Gasteiger partial charge in [0.25, 0.3) is 0 Å². The SMILES string of the molecule is Cc1nc(C)c2c(C)ccc(C(=O)c3cnn(C)c3OS(C)(=O)=O)c2c1C. The number of carbonyl (C=O) groups is 1. The third-order valence-electron chi connectivity index (χ3n) is 4.63. The number of hydrogen-bond acceptors (Lipinski definition) is 6. The lowest BCUT2D eigenvalue weighted by atomic mass is 9.91. The normalized spacial score (nSPS) is 11.8. The minimum absolute atomic E-state index is 0.0968. The Bertz CT molecular complexity index is 1190. The van der Waals surface area contributed by atoms with Crippen molar-refractivity contribution in [3.63, 3.8) is 0 Å². The number of carbonyl (C=O) groups excluding carboxylic acids is 1. The number of ketones is 1. The largest absolute Gasteiger partial charge is 0.361 e. The summed E-state index contributed by atoms with van der Waals surface area (Å²) in [4.78, 5) is 17.9. The van der Waals surface area contributed by atoms with Gasteiger partial charge in [0.05, 0.1) is 12.5 Å². The molecule has 0 saturated heterocycles. The highest BCUT2D eigenvalue weighted by Crippen LogP contribution is 2.32. The Kier molecular flexibility index (Phi) is 4.55. The number of benzene rings is 1. The van der Waals surface area contributed by atoms with Crippen LogP contribution in [-0.2, 0) is 17.2 Å². The van der Waals surface area contributed by atoms with Gasteiger partial charge in [-0.3, -0.25) is 9.78 Å². The molecule has 0 spiro atoms. The first kappa shape index (κ1) is 19.0. The quantitative estimate of drug-likeness (QED) is 0.505. The lowest BCUT2D eigenvalue weighted by Gasteiger charge is -2.15. The molecule has 0 aliphatic rings. The molecule has 0 bridgehead atoms. The summed E-state index contributed by atoms with van der Waals surface area (Å²) >= 11 is 0. The van der Waals surface area contributed by atoms with E-state index < -0.39 is 10.1 Å². The van der Waals surface area contributed by atoms with Gasteiger partial charge in [-0.05, 0) is 44.2 Å².